The van der Waals surface area contributed by atoms with Crippen LogP contribution in [-0.4, -0.2) is 43.7 Å². The third-order valence-corrected chi connectivity index (χ3v) is 5.70. The van der Waals surface area contributed by atoms with Gasteiger partial charge >= 0.3 is 5.69 Å². The van der Waals surface area contributed by atoms with Crippen LogP contribution in [0.15, 0.2) is 72.0 Å². The highest BCUT2D eigenvalue weighted by Crippen LogP contribution is 2.19. The lowest BCUT2D eigenvalue weighted by Crippen LogP contribution is -2.28. The lowest BCUT2D eigenvalue weighted by molar-refractivity contribution is 0.229. The van der Waals surface area contributed by atoms with Gasteiger partial charge in [-0.1, -0.05) is 12.1 Å². The molecular weight excluding hydrogens is 402 g/mol. The van der Waals surface area contributed by atoms with Gasteiger partial charge in [-0.05, 0) is 48.2 Å². The van der Waals surface area contributed by atoms with Gasteiger partial charge in [0, 0.05) is 64.6 Å². The predicted octanol–water partition coefficient (Wildman–Crippen LogP) is 3.18. The van der Waals surface area contributed by atoms with E-state index in [2.05, 4.69) is 27.0 Å². The first kappa shape index (κ1) is 21.8. The number of aromatic nitrogens is 4. The second-order valence-electron chi connectivity index (χ2n) is 8.00. The molecule has 32 heavy (non-hydrogen) atoms. The van der Waals surface area contributed by atoms with Crippen molar-refractivity contribution in [3.63, 3.8) is 0 Å². The predicted molar refractivity (Wildman–Crippen MR) is 126 cm³/mol. The Kier molecular flexibility index (Phi) is 6.97. The second kappa shape index (κ2) is 10.2. The minimum atomic E-state index is -0.0307. The molecule has 166 valence electrons. The molecule has 0 atom stereocenters. The third-order valence-electron chi connectivity index (χ3n) is 5.70. The van der Waals surface area contributed by atoms with Gasteiger partial charge in [-0.25, -0.2) is 4.79 Å². The van der Waals surface area contributed by atoms with E-state index in [1.54, 1.807) is 35.6 Å². The summed E-state index contributed by atoms with van der Waals surface area (Å²) in [6.07, 6.45) is 9.31. The summed E-state index contributed by atoms with van der Waals surface area (Å²) in [6.45, 7) is 3.33. The smallest absolute Gasteiger partial charge is 0.328 e. The molecule has 0 N–H and O–H groups in total. The largest absolute Gasteiger partial charge is 0.493 e. The SMILES string of the molecule is Cn1c(=O)n(C)c2cc(OCCCN(CCc3cccnc3)Cc3cccnc3)ccc21. The van der Waals surface area contributed by atoms with Crippen LogP contribution in [0.4, 0.5) is 0 Å². The third kappa shape index (κ3) is 5.23. The number of ether oxygens (including phenoxy) is 1. The number of hydrogen-bond donors (Lipinski definition) is 0. The number of fused-ring (bicyclic) bond motifs is 1. The molecule has 0 saturated carbocycles. The second-order valence-corrected chi connectivity index (χ2v) is 8.00. The van der Waals surface area contributed by atoms with Crippen molar-refractivity contribution >= 4 is 11.0 Å². The van der Waals surface area contributed by atoms with Gasteiger partial charge in [0.1, 0.15) is 5.75 Å². The first-order valence-electron chi connectivity index (χ1n) is 10.9. The summed E-state index contributed by atoms with van der Waals surface area (Å²) in [7, 11) is 3.57. The Hall–Kier alpha value is -3.45. The van der Waals surface area contributed by atoms with Gasteiger partial charge in [-0.15, -0.1) is 0 Å². The fraction of sp³-hybridized carbons (Fsp3) is 0.320. The molecule has 0 spiro atoms. The maximum Gasteiger partial charge on any atom is 0.328 e. The van der Waals surface area contributed by atoms with Crippen molar-refractivity contribution in [2.45, 2.75) is 19.4 Å². The van der Waals surface area contributed by atoms with Gasteiger partial charge in [0.05, 0.1) is 17.6 Å². The Morgan fingerprint density at radius 2 is 1.62 bits per heavy atom. The lowest BCUT2D eigenvalue weighted by Gasteiger charge is -2.22. The average molecular weight is 432 g/mol. The van der Waals surface area contributed by atoms with E-state index in [0.717, 1.165) is 49.3 Å². The Bertz CT molecular complexity index is 1200. The molecule has 0 radical (unpaired) electrons. The summed E-state index contributed by atoms with van der Waals surface area (Å²) in [5, 5.41) is 0. The molecule has 0 aliphatic rings. The van der Waals surface area contributed by atoms with Gasteiger partial charge in [0.25, 0.3) is 0 Å². The molecule has 7 nitrogen and oxygen atoms in total. The van der Waals surface area contributed by atoms with E-state index in [4.69, 9.17) is 4.74 Å². The first-order valence-corrected chi connectivity index (χ1v) is 10.9. The summed E-state index contributed by atoms with van der Waals surface area (Å²) >= 11 is 0. The van der Waals surface area contributed by atoms with Crippen LogP contribution in [0.1, 0.15) is 17.5 Å². The number of hydrogen-bond acceptors (Lipinski definition) is 5. The van der Waals surface area contributed by atoms with Crippen molar-refractivity contribution in [3.05, 3.63) is 88.9 Å². The quantitative estimate of drug-likeness (QED) is 0.361. The topological polar surface area (TPSA) is 65.2 Å². The molecule has 4 rings (SSSR count). The standard InChI is InChI=1S/C25H29N5O2/c1-28-23-9-8-22(16-24(23)29(2)25(28)31)32-15-5-13-30(19-21-7-4-12-27-18-21)14-10-20-6-3-11-26-17-20/h3-4,6-9,11-12,16-18H,5,10,13-15,19H2,1-2H3. The van der Waals surface area contributed by atoms with E-state index in [0.29, 0.717) is 6.61 Å². The number of rotatable bonds is 10. The summed E-state index contributed by atoms with van der Waals surface area (Å²) < 4.78 is 9.31. The number of imidazole rings is 1. The van der Waals surface area contributed by atoms with Crippen LogP contribution in [0.5, 0.6) is 5.75 Å². The van der Waals surface area contributed by atoms with E-state index in [-0.39, 0.29) is 5.69 Å². The molecule has 0 aliphatic heterocycles. The normalized spacial score (nSPS) is 11.3. The maximum atomic E-state index is 12.1. The molecule has 0 unspecified atom stereocenters. The van der Waals surface area contributed by atoms with Crippen LogP contribution in [0, 0.1) is 0 Å². The molecule has 0 aliphatic carbocycles. The molecule has 1 aromatic carbocycles. The van der Waals surface area contributed by atoms with Crippen LogP contribution in [0.3, 0.4) is 0 Å². The molecule has 0 saturated heterocycles. The summed E-state index contributed by atoms with van der Waals surface area (Å²) in [5.74, 6) is 0.785. The van der Waals surface area contributed by atoms with Crippen molar-refractivity contribution in [2.75, 3.05) is 19.7 Å². The van der Waals surface area contributed by atoms with E-state index in [1.807, 2.05) is 42.7 Å². The zero-order chi connectivity index (χ0) is 22.3. The van der Waals surface area contributed by atoms with Gasteiger partial charge < -0.3 is 4.74 Å². The lowest BCUT2D eigenvalue weighted by atomic mass is 10.2. The average Bonchev–Trinajstić information content (AvgIpc) is 3.05. The summed E-state index contributed by atoms with van der Waals surface area (Å²) in [4.78, 5) is 23.0. The van der Waals surface area contributed by atoms with E-state index < -0.39 is 0 Å². The monoisotopic (exact) mass is 431 g/mol. The van der Waals surface area contributed by atoms with Crippen LogP contribution < -0.4 is 10.4 Å². The van der Waals surface area contributed by atoms with Crippen molar-refractivity contribution in [1.29, 1.82) is 0 Å². The zero-order valence-corrected chi connectivity index (χ0v) is 18.6. The fourth-order valence-corrected chi connectivity index (χ4v) is 3.91. The van der Waals surface area contributed by atoms with Gasteiger partial charge in [-0.3, -0.25) is 24.0 Å². The van der Waals surface area contributed by atoms with Crippen molar-refractivity contribution in [2.24, 2.45) is 14.1 Å². The zero-order valence-electron chi connectivity index (χ0n) is 18.6. The van der Waals surface area contributed by atoms with Crippen LogP contribution >= 0.6 is 0 Å². The molecule has 0 fully saturated rings. The van der Waals surface area contributed by atoms with Crippen LogP contribution in [0.25, 0.3) is 11.0 Å². The highest BCUT2D eigenvalue weighted by molar-refractivity contribution is 5.77. The minimum absolute atomic E-state index is 0.0307. The van der Waals surface area contributed by atoms with Gasteiger partial charge in [-0.2, -0.15) is 0 Å². The molecule has 4 aromatic rings. The van der Waals surface area contributed by atoms with Gasteiger partial charge in [0.15, 0.2) is 0 Å². The minimum Gasteiger partial charge on any atom is -0.493 e. The Labute approximate surface area is 187 Å². The maximum absolute atomic E-state index is 12.1. The molecule has 0 amide bonds. The van der Waals surface area contributed by atoms with Crippen molar-refractivity contribution in [1.82, 2.24) is 24.0 Å². The Morgan fingerprint density at radius 1 is 0.906 bits per heavy atom. The molecular formula is C25H29N5O2. The number of aryl methyl sites for hydroxylation is 2. The number of benzene rings is 1. The van der Waals surface area contributed by atoms with E-state index >= 15 is 0 Å². The van der Waals surface area contributed by atoms with Crippen molar-refractivity contribution in [3.8, 4) is 5.75 Å². The van der Waals surface area contributed by atoms with Crippen molar-refractivity contribution < 1.29 is 4.74 Å². The fourth-order valence-electron chi connectivity index (χ4n) is 3.91. The van der Waals surface area contributed by atoms with Gasteiger partial charge in [0.2, 0.25) is 0 Å². The van der Waals surface area contributed by atoms with E-state index in [1.165, 1.54) is 11.1 Å². The summed E-state index contributed by atoms with van der Waals surface area (Å²) in [6, 6.07) is 14.0. The first-order chi connectivity index (χ1) is 15.6. The number of pyridine rings is 2. The highest BCUT2D eigenvalue weighted by Gasteiger charge is 2.10. The molecule has 3 aromatic heterocycles. The highest BCUT2D eigenvalue weighted by atomic mass is 16.5. The molecule has 7 heteroatoms. The molecule has 3 heterocycles. The van der Waals surface area contributed by atoms with E-state index in [9.17, 15) is 4.79 Å². The Balaban J connectivity index is 1.34. The number of nitrogens with zero attached hydrogens (tertiary/aromatic N) is 5. The molecule has 0 bridgehead atoms. The summed E-state index contributed by atoms with van der Waals surface area (Å²) in [5.41, 5.74) is 4.20. The Morgan fingerprint density at radius 3 is 2.34 bits per heavy atom. The van der Waals surface area contributed by atoms with Crippen LogP contribution in [-0.2, 0) is 27.1 Å². The van der Waals surface area contributed by atoms with Crippen LogP contribution in [0.2, 0.25) is 0 Å².